The summed E-state index contributed by atoms with van der Waals surface area (Å²) < 4.78 is 1.04. The molecule has 20 heavy (non-hydrogen) atoms. The van der Waals surface area contributed by atoms with Crippen LogP contribution in [0.4, 0.5) is 0 Å². The van der Waals surface area contributed by atoms with Crippen molar-refractivity contribution in [2.75, 3.05) is 0 Å². The third-order valence-corrected chi connectivity index (χ3v) is 4.46. The van der Waals surface area contributed by atoms with Crippen LogP contribution >= 0.6 is 11.3 Å². The Kier molecular flexibility index (Phi) is 3.48. The maximum atomic E-state index is 12.8. The van der Waals surface area contributed by atoms with Gasteiger partial charge in [-0.3, -0.25) is 4.79 Å². The van der Waals surface area contributed by atoms with Crippen molar-refractivity contribution >= 4 is 21.4 Å². The summed E-state index contributed by atoms with van der Waals surface area (Å²) in [6.07, 6.45) is 2.57. The smallest absolute Gasteiger partial charge is 0.196 e. The van der Waals surface area contributed by atoms with E-state index in [1.54, 1.807) is 11.3 Å². The van der Waals surface area contributed by atoms with Gasteiger partial charge in [-0.25, -0.2) is 0 Å². The number of fused-ring (bicyclic) bond motifs is 1. The lowest BCUT2D eigenvalue weighted by Gasteiger charge is -2.08. The van der Waals surface area contributed by atoms with E-state index in [1.165, 1.54) is 0 Å². The van der Waals surface area contributed by atoms with E-state index in [-0.39, 0.29) is 5.43 Å². The van der Waals surface area contributed by atoms with Gasteiger partial charge in [-0.05, 0) is 17.7 Å². The van der Waals surface area contributed by atoms with Gasteiger partial charge in [-0.15, -0.1) is 17.9 Å². The lowest BCUT2D eigenvalue weighted by atomic mass is 10.0. The van der Waals surface area contributed by atoms with Gasteiger partial charge in [0.2, 0.25) is 0 Å². The molecule has 98 valence electrons. The molecule has 0 aliphatic rings. The summed E-state index contributed by atoms with van der Waals surface area (Å²) in [6, 6.07) is 17.7. The van der Waals surface area contributed by atoms with Crippen LogP contribution in [0.2, 0.25) is 0 Å². The minimum absolute atomic E-state index is 0.113. The van der Waals surface area contributed by atoms with Crippen LogP contribution in [-0.2, 0) is 6.42 Å². The molecule has 0 fully saturated rings. The monoisotopic (exact) mass is 278 g/mol. The van der Waals surface area contributed by atoms with Crippen LogP contribution in [0.15, 0.2) is 72.0 Å². The molecule has 0 N–H and O–H groups in total. The van der Waals surface area contributed by atoms with Gasteiger partial charge >= 0.3 is 0 Å². The number of benzene rings is 2. The zero-order valence-corrected chi connectivity index (χ0v) is 11.8. The van der Waals surface area contributed by atoms with Crippen LogP contribution in [-0.4, -0.2) is 0 Å². The third kappa shape index (κ3) is 2.19. The Morgan fingerprint density at radius 2 is 1.70 bits per heavy atom. The fraction of sp³-hybridized carbons (Fsp3) is 0.0556. The van der Waals surface area contributed by atoms with E-state index in [1.807, 2.05) is 60.7 Å². The van der Waals surface area contributed by atoms with E-state index >= 15 is 0 Å². The number of allylic oxidation sites excluding steroid dienone is 1. The number of hydrogen-bond acceptors (Lipinski definition) is 2. The van der Waals surface area contributed by atoms with Crippen LogP contribution in [0.25, 0.3) is 21.2 Å². The Labute approximate surface area is 121 Å². The van der Waals surface area contributed by atoms with Crippen molar-refractivity contribution < 1.29 is 0 Å². The molecule has 0 saturated heterocycles. The third-order valence-electron chi connectivity index (χ3n) is 3.26. The summed E-state index contributed by atoms with van der Waals surface area (Å²) in [5, 5.41) is 0.796. The Hall–Kier alpha value is -2.19. The van der Waals surface area contributed by atoms with Gasteiger partial charge in [0.15, 0.2) is 5.43 Å². The Bertz CT molecular complexity index is 816. The molecule has 0 aliphatic carbocycles. The Balaban J connectivity index is 2.39. The maximum Gasteiger partial charge on any atom is 0.196 e. The molecule has 2 heteroatoms. The van der Waals surface area contributed by atoms with E-state index < -0.39 is 0 Å². The molecule has 0 bridgehead atoms. The first-order chi connectivity index (χ1) is 9.81. The second-order valence-electron chi connectivity index (χ2n) is 4.58. The predicted octanol–water partition coefficient (Wildman–Crippen LogP) is 4.66. The molecular formula is C18H14OS. The highest BCUT2D eigenvalue weighted by molar-refractivity contribution is 7.18. The first kappa shape index (κ1) is 12.8. The molecule has 0 saturated carbocycles. The van der Waals surface area contributed by atoms with Crippen LogP contribution in [0.5, 0.6) is 0 Å². The molecule has 0 aliphatic heterocycles. The van der Waals surface area contributed by atoms with Crippen molar-refractivity contribution in [2.45, 2.75) is 6.42 Å². The summed E-state index contributed by atoms with van der Waals surface area (Å²) in [6.45, 7) is 3.81. The van der Waals surface area contributed by atoms with Gasteiger partial charge < -0.3 is 0 Å². The lowest BCUT2D eigenvalue weighted by Crippen LogP contribution is -2.07. The average molecular weight is 278 g/mol. The topological polar surface area (TPSA) is 17.1 Å². The molecule has 0 spiro atoms. The molecule has 1 aromatic heterocycles. The van der Waals surface area contributed by atoms with Gasteiger partial charge in [-0.1, -0.05) is 48.5 Å². The molecule has 2 aromatic carbocycles. The Morgan fingerprint density at radius 3 is 2.45 bits per heavy atom. The highest BCUT2D eigenvalue weighted by atomic mass is 32.1. The van der Waals surface area contributed by atoms with E-state index in [4.69, 9.17) is 0 Å². The van der Waals surface area contributed by atoms with Crippen molar-refractivity contribution in [1.29, 1.82) is 0 Å². The quantitative estimate of drug-likeness (QED) is 0.637. The van der Waals surface area contributed by atoms with Crippen LogP contribution in [0, 0.1) is 0 Å². The number of rotatable bonds is 3. The highest BCUT2D eigenvalue weighted by Crippen LogP contribution is 2.29. The SMILES string of the molecule is C=CCc1sc2ccccc2c(=O)c1-c1ccccc1. The summed E-state index contributed by atoms with van der Waals surface area (Å²) in [4.78, 5) is 13.9. The fourth-order valence-corrected chi connectivity index (χ4v) is 3.56. The van der Waals surface area contributed by atoms with E-state index in [2.05, 4.69) is 6.58 Å². The van der Waals surface area contributed by atoms with Crippen LogP contribution in [0.1, 0.15) is 4.88 Å². The van der Waals surface area contributed by atoms with E-state index in [9.17, 15) is 4.79 Å². The fourth-order valence-electron chi connectivity index (χ4n) is 2.36. The average Bonchev–Trinajstić information content (AvgIpc) is 2.49. The normalized spacial score (nSPS) is 10.6. The van der Waals surface area contributed by atoms with Crippen molar-refractivity contribution in [1.82, 2.24) is 0 Å². The number of hydrogen-bond donors (Lipinski definition) is 0. The van der Waals surface area contributed by atoms with Crippen molar-refractivity contribution in [3.05, 3.63) is 82.4 Å². The second-order valence-corrected chi connectivity index (χ2v) is 5.72. The van der Waals surface area contributed by atoms with Gasteiger partial charge in [0.05, 0.1) is 0 Å². The standard InChI is InChI=1S/C18H14OS/c1-2-8-16-17(13-9-4-3-5-10-13)18(19)14-11-6-7-12-15(14)20-16/h2-7,9-12H,1,8H2. The molecule has 0 amide bonds. The molecule has 0 atom stereocenters. The first-order valence-corrected chi connectivity index (χ1v) is 7.34. The van der Waals surface area contributed by atoms with Gasteiger partial charge in [0.25, 0.3) is 0 Å². The maximum absolute atomic E-state index is 12.8. The van der Waals surface area contributed by atoms with Crippen LogP contribution in [0.3, 0.4) is 0 Å². The predicted molar refractivity (Wildman–Crippen MR) is 87.4 cm³/mol. The van der Waals surface area contributed by atoms with Gasteiger partial charge in [-0.2, -0.15) is 0 Å². The van der Waals surface area contributed by atoms with Crippen molar-refractivity contribution in [2.24, 2.45) is 0 Å². The minimum atomic E-state index is 0.113. The molecule has 0 unspecified atom stereocenters. The highest BCUT2D eigenvalue weighted by Gasteiger charge is 2.12. The second kappa shape index (κ2) is 5.43. The Morgan fingerprint density at radius 1 is 1.00 bits per heavy atom. The van der Waals surface area contributed by atoms with E-state index in [0.717, 1.165) is 32.5 Å². The zero-order chi connectivity index (χ0) is 13.9. The molecule has 3 rings (SSSR count). The molecule has 3 aromatic rings. The molecule has 0 radical (unpaired) electrons. The van der Waals surface area contributed by atoms with Gasteiger partial charge in [0, 0.05) is 26.9 Å². The summed E-state index contributed by atoms with van der Waals surface area (Å²) >= 11 is 1.68. The molecule has 1 nitrogen and oxygen atoms in total. The van der Waals surface area contributed by atoms with Crippen molar-refractivity contribution in [3.8, 4) is 11.1 Å². The first-order valence-electron chi connectivity index (χ1n) is 6.52. The largest absolute Gasteiger partial charge is 0.288 e. The lowest BCUT2D eigenvalue weighted by molar-refractivity contribution is 1.34. The van der Waals surface area contributed by atoms with Gasteiger partial charge in [0.1, 0.15) is 0 Å². The van der Waals surface area contributed by atoms with Crippen LogP contribution < -0.4 is 5.43 Å². The summed E-state index contributed by atoms with van der Waals surface area (Å²) in [5.74, 6) is 0. The zero-order valence-electron chi connectivity index (χ0n) is 11.0. The summed E-state index contributed by atoms with van der Waals surface area (Å²) in [7, 11) is 0. The summed E-state index contributed by atoms with van der Waals surface area (Å²) in [5.41, 5.74) is 1.91. The minimum Gasteiger partial charge on any atom is -0.288 e. The van der Waals surface area contributed by atoms with E-state index in [0.29, 0.717) is 0 Å². The van der Waals surface area contributed by atoms with Crippen molar-refractivity contribution in [3.63, 3.8) is 0 Å². The molecule has 1 heterocycles. The molecular weight excluding hydrogens is 264 g/mol.